The number of hydrogen-bond donors (Lipinski definition) is 3. The maximum atomic E-state index is 12.6. The summed E-state index contributed by atoms with van der Waals surface area (Å²) >= 11 is 0. The molecule has 2 aromatic carbocycles. The highest BCUT2D eigenvalue weighted by molar-refractivity contribution is 5.89. The van der Waals surface area contributed by atoms with Crippen LogP contribution in [-0.4, -0.2) is 48.4 Å². The van der Waals surface area contributed by atoms with Gasteiger partial charge < -0.3 is 19.9 Å². The minimum atomic E-state index is -1.08. The maximum Gasteiger partial charge on any atom is 0.341 e. The molecule has 0 spiro atoms. The number of para-hydroxylation sites is 1. The summed E-state index contributed by atoms with van der Waals surface area (Å²) in [6.07, 6.45) is 1.83. The molecule has 0 bridgehead atoms. The molecule has 9 nitrogen and oxygen atoms in total. The average Bonchev–Trinajstić information content (AvgIpc) is 2.76. The van der Waals surface area contributed by atoms with Crippen molar-refractivity contribution in [2.24, 2.45) is 11.0 Å². The maximum absolute atomic E-state index is 12.6. The number of carbonyl (C=O) groups excluding carboxylic acids is 2. The molecule has 0 aliphatic carbocycles. The summed E-state index contributed by atoms with van der Waals surface area (Å²) in [6.45, 7) is 5.11. The van der Waals surface area contributed by atoms with Crippen LogP contribution in [0.4, 0.5) is 0 Å². The van der Waals surface area contributed by atoms with Gasteiger partial charge in [-0.1, -0.05) is 44.2 Å². The van der Waals surface area contributed by atoms with Crippen molar-refractivity contribution >= 4 is 24.0 Å². The third-order valence-electron chi connectivity index (χ3n) is 4.42. The Labute approximate surface area is 192 Å². The highest BCUT2D eigenvalue weighted by atomic mass is 16.5. The first-order valence-electron chi connectivity index (χ1n) is 10.5. The molecule has 9 heteroatoms. The first-order chi connectivity index (χ1) is 15.7. The van der Waals surface area contributed by atoms with E-state index >= 15 is 0 Å². The highest BCUT2D eigenvalue weighted by Gasteiger charge is 2.22. The largest absolute Gasteiger partial charge is 0.484 e. The molecule has 3 N–H and O–H groups in total. The molecule has 0 saturated carbocycles. The van der Waals surface area contributed by atoms with Crippen molar-refractivity contribution in [2.45, 2.75) is 33.2 Å². The van der Waals surface area contributed by atoms with Gasteiger partial charge in [-0.3, -0.25) is 9.59 Å². The van der Waals surface area contributed by atoms with E-state index in [-0.39, 0.29) is 12.5 Å². The molecule has 176 valence electrons. The Morgan fingerprint density at radius 1 is 1.06 bits per heavy atom. The van der Waals surface area contributed by atoms with Gasteiger partial charge in [-0.05, 0) is 48.6 Å². The van der Waals surface area contributed by atoms with Crippen LogP contribution < -0.4 is 20.2 Å². The fourth-order valence-corrected chi connectivity index (χ4v) is 2.88. The summed E-state index contributed by atoms with van der Waals surface area (Å²) in [7, 11) is 0. The first kappa shape index (κ1) is 25.4. The van der Waals surface area contributed by atoms with Gasteiger partial charge in [0.25, 0.3) is 11.8 Å². The fraction of sp³-hybridized carbons (Fsp3) is 0.333. The smallest absolute Gasteiger partial charge is 0.341 e. The Morgan fingerprint density at radius 3 is 2.52 bits per heavy atom. The minimum Gasteiger partial charge on any atom is -0.484 e. The minimum absolute atomic E-state index is 0.158. The van der Waals surface area contributed by atoms with Gasteiger partial charge in [-0.2, -0.15) is 5.10 Å². The number of amides is 2. The number of aliphatic carboxylic acids is 1. The van der Waals surface area contributed by atoms with Gasteiger partial charge in [-0.15, -0.1) is 0 Å². The number of rotatable bonds is 12. The summed E-state index contributed by atoms with van der Waals surface area (Å²) in [6, 6.07) is 13.2. The normalized spacial score (nSPS) is 11.8. The summed E-state index contributed by atoms with van der Waals surface area (Å²) < 4.78 is 10.7. The summed E-state index contributed by atoms with van der Waals surface area (Å²) in [4.78, 5) is 35.6. The van der Waals surface area contributed by atoms with Crippen LogP contribution in [0.25, 0.3) is 0 Å². The molecule has 0 heterocycles. The van der Waals surface area contributed by atoms with E-state index < -0.39 is 30.4 Å². The molecule has 0 aromatic heterocycles. The predicted octanol–water partition coefficient (Wildman–Crippen LogP) is 2.52. The van der Waals surface area contributed by atoms with Crippen LogP contribution >= 0.6 is 0 Å². The molecule has 0 aliphatic heterocycles. The summed E-state index contributed by atoms with van der Waals surface area (Å²) in [5, 5.41) is 15.3. The third-order valence-corrected chi connectivity index (χ3v) is 4.42. The van der Waals surface area contributed by atoms with Crippen molar-refractivity contribution in [2.75, 3.05) is 13.2 Å². The molecule has 0 fully saturated rings. The number of hydrazone groups is 1. The van der Waals surface area contributed by atoms with Crippen LogP contribution in [0.1, 0.15) is 31.4 Å². The molecule has 0 radical (unpaired) electrons. The van der Waals surface area contributed by atoms with Crippen LogP contribution in [-0.2, 0) is 14.4 Å². The molecular formula is C24H29N3O6. The van der Waals surface area contributed by atoms with E-state index in [1.807, 2.05) is 39.0 Å². The lowest BCUT2D eigenvalue weighted by atomic mass is 10.0. The number of aryl methyl sites for hydroxylation is 1. The number of hydrogen-bond acceptors (Lipinski definition) is 6. The molecule has 33 heavy (non-hydrogen) atoms. The topological polar surface area (TPSA) is 126 Å². The zero-order valence-electron chi connectivity index (χ0n) is 18.9. The lowest BCUT2D eigenvalue weighted by Crippen LogP contribution is -2.47. The van der Waals surface area contributed by atoms with Crippen molar-refractivity contribution < 1.29 is 29.0 Å². The van der Waals surface area contributed by atoms with E-state index in [4.69, 9.17) is 14.6 Å². The molecule has 1 atom stereocenters. The Morgan fingerprint density at radius 2 is 1.82 bits per heavy atom. The number of carboxylic acid groups (broad SMARTS) is 1. The van der Waals surface area contributed by atoms with Gasteiger partial charge in [0.2, 0.25) is 0 Å². The van der Waals surface area contributed by atoms with E-state index in [2.05, 4.69) is 15.8 Å². The summed E-state index contributed by atoms with van der Waals surface area (Å²) in [5.41, 5.74) is 3.95. The molecule has 2 aromatic rings. The number of nitrogens with one attached hydrogen (secondary N) is 2. The molecule has 2 rings (SSSR count). The zero-order chi connectivity index (χ0) is 24.2. The van der Waals surface area contributed by atoms with E-state index in [9.17, 15) is 14.4 Å². The Bertz CT molecular complexity index is 990. The van der Waals surface area contributed by atoms with E-state index in [0.29, 0.717) is 23.5 Å². The van der Waals surface area contributed by atoms with Crippen molar-refractivity contribution in [1.82, 2.24) is 10.7 Å². The van der Waals surface area contributed by atoms with Crippen LogP contribution in [0.3, 0.4) is 0 Å². The van der Waals surface area contributed by atoms with Gasteiger partial charge in [0.05, 0.1) is 6.21 Å². The quantitative estimate of drug-likeness (QED) is 0.333. The Kier molecular flexibility index (Phi) is 9.88. The van der Waals surface area contributed by atoms with Crippen molar-refractivity contribution in [1.29, 1.82) is 0 Å². The molecule has 2 amide bonds. The molecular weight excluding hydrogens is 426 g/mol. The second kappa shape index (κ2) is 12.8. The van der Waals surface area contributed by atoms with Crippen LogP contribution in [0, 0.1) is 12.8 Å². The van der Waals surface area contributed by atoms with Crippen molar-refractivity contribution in [3.8, 4) is 11.5 Å². The number of nitrogens with zero attached hydrogens (tertiary/aromatic N) is 1. The van der Waals surface area contributed by atoms with E-state index in [1.165, 1.54) is 6.21 Å². The second-order valence-corrected chi connectivity index (χ2v) is 7.79. The van der Waals surface area contributed by atoms with Gasteiger partial charge >= 0.3 is 5.97 Å². The van der Waals surface area contributed by atoms with Crippen molar-refractivity contribution in [3.63, 3.8) is 0 Å². The van der Waals surface area contributed by atoms with Crippen LogP contribution in [0.5, 0.6) is 11.5 Å². The number of carboxylic acids is 1. The summed E-state index contributed by atoms with van der Waals surface area (Å²) in [5.74, 6) is -0.814. The standard InChI is InChI=1S/C24H29N3O6/c1-16(2)11-20(26-22(28)14-33-21-10-5-4-7-17(21)3)24(31)27-25-13-18-8-6-9-19(12-18)32-15-23(29)30/h4-10,12-13,16,20H,11,14-15H2,1-3H3,(H,26,28)(H,27,31)(H,29,30)/b25-13-/t20-/m1/s1. The van der Waals surface area contributed by atoms with Gasteiger partial charge in [0, 0.05) is 0 Å². The van der Waals surface area contributed by atoms with Crippen LogP contribution in [0.15, 0.2) is 53.6 Å². The number of carbonyl (C=O) groups is 3. The van der Waals surface area contributed by atoms with Gasteiger partial charge in [-0.25, -0.2) is 10.2 Å². The second-order valence-electron chi connectivity index (χ2n) is 7.79. The van der Waals surface area contributed by atoms with Crippen molar-refractivity contribution in [3.05, 3.63) is 59.7 Å². The molecule has 0 aliphatic rings. The highest BCUT2D eigenvalue weighted by Crippen LogP contribution is 2.16. The average molecular weight is 456 g/mol. The molecule has 0 unspecified atom stereocenters. The monoisotopic (exact) mass is 455 g/mol. The number of ether oxygens (including phenoxy) is 2. The fourth-order valence-electron chi connectivity index (χ4n) is 2.88. The van der Waals surface area contributed by atoms with Gasteiger partial charge in [0.15, 0.2) is 13.2 Å². The zero-order valence-corrected chi connectivity index (χ0v) is 18.9. The first-order valence-corrected chi connectivity index (χ1v) is 10.5. The lowest BCUT2D eigenvalue weighted by Gasteiger charge is -2.19. The number of benzene rings is 2. The predicted molar refractivity (Wildman–Crippen MR) is 123 cm³/mol. The molecule has 0 saturated heterocycles. The Hall–Kier alpha value is -3.88. The van der Waals surface area contributed by atoms with Gasteiger partial charge in [0.1, 0.15) is 17.5 Å². The van der Waals surface area contributed by atoms with Crippen LogP contribution in [0.2, 0.25) is 0 Å². The lowest BCUT2D eigenvalue weighted by molar-refractivity contribution is -0.139. The van der Waals surface area contributed by atoms with E-state index in [0.717, 1.165) is 5.56 Å². The SMILES string of the molecule is Cc1ccccc1OCC(=O)N[C@H](CC(C)C)C(=O)N/N=C\c1cccc(OCC(=O)O)c1. The third kappa shape index (κ3) is 9.42. The van der Waals surface area contributed by atoms with E-state index in [1.54, 1.807) is 30.3 Å². The Balaban J connectivity index is 1.92.